The molecular weight excluding hydrogens is 380 g/mol. The Morgan fingerprint density at radius 2 is 1.48 bits per heavy atom. The second-order valence-corrected chi connectivity index (χ2v) is 9.37. The van der Waals surface area contributed by atoms with E-state index in [1.165, 1.54) is 81.8 Å². The maximum Gasteiger partial charge on any atom is 0.343 e. The van der Waals surface area contributed by atoms with Crippen LogP contribution >= 0.6 is 0 Å². The third-order valence-corrected chi connectivity index (χ3v) is 6.98. The number of carbonyl (C=O) groups is 1. The van der Waals surface area contributed by atoms with Gasteiger partial charge in [0, 0.05) is 0 Å². The smallest absolute Gasteiger partial charge is 0.343 e. The van der Waals surface area contributed by atoms with Crippen molar-refractivity contribution in [2.75, 3.05) is 0 Å². The van der Waals surface area contributed by atoms with Gasteiger partial charge in [0.2, 0.25) is 0 Å². The van der Waals surface area contributed by atoms with Crippen LogP contribution in [0.2, 0.25) is 0 Å². The van der Waals surface area contributed by atoms with Crippen molar-refractivity contribution < 1.29 is 9.53 Å². The minimum Gasteiger partial charge on any atom is -0.423 e. The Morgan fingerprint density at radius 3 is 2.13 bits per heavy atom. The number of hydrogen-bond donors (Lipinski definition) is 0. The van der Waals surface area contributed by atoms with Crippen molar-refractivity contribution in [1.29, 1.82) is 0 Å². The van der Waals surface area contributed by atoms with Crippen LogP contribution in [0.4, 0.5) is 0 Å². The van der Waals surface area contributed by atoms with Crippen LogP contribution in [0.1, 0.15) is 112 Å². The van der Waals surface area contributed by atoms with Crippen molar-refractivity contribution in [2.24, 2.45) is 0 Å². The summed E-state index contributed by atoms with van der Waals surface area (Å²) in [5.41, 5.74) is 3.63. The summed E-state index contributed by atoms with van der Waals surface area (Å²) in [6, 6.07) is 16.2. The standard InChI is InChI=1S/C29H40O2/c1-3-5-6-7-9-21-29(22-10-8-11-23-29)26-17-19-27(20-18-26)31-28(30)25-15-13-24(12-4-2)14-16-25/h13-20H,3-12,21-23H2,1-2H3. The van der Waals surface area contributed by atoms with E-state index in [1.807, 2.05) is 36.4 Å². The van der Waals surface area contributed by atoms with E-state index in [0.717, 1.165) is 12.8 Å². The summed E-state index contributed by atoms with van der Waals surface area (Å²) in [7, 11) is 0. The average Bonchev–Trinajstić information content (AvgIpc) is 2.81. The van der Waals surface area contributed by atoms with Crippen LogP contribution in [-0.4, -0.2) is 5.97 Å². The zero-order valence-corrected chi connectivity index (χ0v) is 19.6. The van der Waals surface area contributed by atoms with Crippen molar-refractivity contribution in [3.8, 4) is 5.75 Å². The molecule has 1 aliphatic rings. The molecule has 1 aliphatic carbocycles. The SMILES string of the molecule is CCCCCCCC1(c2ccc(OC(=O)c3ccc(CCC)cc3)cc2)CCCCC1. The summed E-state index contributed by atoms with van der Waals surface area (Å²) < 4.78 is 5.66. The van der Waals surface area contributed by atoms with Crippen LogP contribution in [0, 0.1) is 0 Å². The van der Waals surface area contributed by atoms with Gasteiger partial charge in [0.25, 0.3) is 0 Å². The fourth-order valence-electron chi connectivity index (χ4n) is 5.12. The highest BCUT2D eigenvalue weighted by Crippen LogP contribution is 2.43. The van der Waals surface area contributed by atoms with Gasteiger partial charge in [-0.25, -0.2) is 4.79 Å². The van der Waals surface area contributed by atoms with E-state index in [4.69, 9.17) is 4.74 Å². The van der Waals surface area contributed by atoms with Gasteiger partial charge in [0.15, 0.2) is 0 Å². The van der Waals surface area contributed by atoms with Crippen molar-refractivity contribution >= 4 is 5.97 Å². The zero-order chi connectivity index (χ0) is 21.9. The van der Waals surface area contributed by atoms with Crippen LogP contribution in [0.25, 0.3) is 0 Å². The van der Waals surface area contributed by atoms with Crippen LogP contribution < -0.4 is 4.74 Å². The summed E-state index contributed by atoms with van der Waals surface area (Å²) >= 11 is 0. The second kappa shape index (κ2) is 12.1. The molecule has 0 amide bonds. The number of esters is 1. The number of hydrogen-bond acceptors (Lipinski definition) is 2. The van der Waals surface area contributed by atoms with Crippen molar-refractivity contribution in [3.05, 3.63) is 65.2 Å². The molecule has 0 heterocycles. The Bertz CT molecular complexity index is 782. The third kappa shape index (κ3) is 6.69. The molecule has 0 aliphatic heterocycles. The topological polar surface area (TPSA) is 26.3 Å². The molecule has 3 rings (SSSR count). The Kier molecular flexibility index (Phi) is 9.18. The van der Waals surface area contributed by atoms with Gasteiger partial charge in [-0.15, -0.1) is 0 Å². The minimum absolute atomic E-state index is 0.279. The van der Waals surface area contributed by atoms with Gasteiger partial charge in [0.05, 0.1) is 5.56 Å². The van der Waals surface area contributed by atoms with Crippen LogP contribution in [0.5, 0.6) is 5.75 Å². The Labute approximate surface area is 189 Å². The number of rotatable bonds is 11. The van der Waals surface area contributed by atoms with E-state index < -0.39 is 0 Å². The average molecular weight is 421 g/mol. The van der Waals surface area contributed by atoms with E-state index in [2.05, 4.69) is 26.0 Å². The molecule has 0 N–H and O–H groups in total. The summed E-state index contributed by atoms with van der Waals surface area (Å²) in [5.74, 6) is 0.361. The molecule has 0 saturated heterocycles. The van der Waals surface area contributed by atoms with Crippen LogP contribution in [-0.2, 0) is 11.8 Å². The lowest BCUT2D eigenvalue weighted by molar-refractivity contribution is 0.0734. The van der Waals surface area contributed by atoms with Crippen molar-refractivity contribution in [2.45, 2.75) is 103 Å². The Hall–Kier alpha value is -2.09. The van der Waals surface area contributed by atoms with Gasteiger partial charge in [-0.05, 0) is 66.5 Å². The molecule has 0 bridgehead atoms. The first kappa shape index (κ1) is 23.6. The van der Waals surface area contributed by atoms with E-state index in [9.17, 15) is 4.79 Å². The fraction of sp³-hybridized carbons (Fsp3) is 0.552. The quantitative estimate of drug-likeness (QED) is 0.207. The number of unbranched alkanes of at least 4 members (excludes halogenated alkanes) is 4. The monoisotopic (exact) mass is 420 g/mol. The summed E-state index contributed by atoms with van der Waals surface area (Å²) in [5, 5.41) is 0. The number of ether oxygens (including phenoxy) is 1. The van der Waals surface area contributed by atoms with Crippen LogP contribution in [0.3, 0.4) is 0 Å². The number of benzene rings is 2. The highest BCUT2D eigenvalue weighted by molar-refractivity contribution is 5.91. The highest BCUT2D eigenvalue weighted by Gasteiger charge is 2.33. The maximum atomic E-state index is 12.5. The first-order valence-electron chi connectivity index (χ1n) is 12.6. The van der Waals surface area contributed by atoms with E-state index in [-0.39, 0.29) is 5.97 Å². The summed E-state index contributed by atoms with van der Waals surface area (Å²) in [6.07, 6.45) is 16.8. The first-order chi connectivity index (χ1) is 15.2. The number of carbonyl (C=O) groups excluding carboxylic acids is 1. The van der Waals surface area contributed by atoms with Gasteiger partial charge >= 0.3 is 5.97 Å². The molecule has 31 heavy (non-hydrogen) atoms. The molecule has 0 spiro atoms. The largest absolute Gasteiger partial charge is 0.423 e. The minimum atomic E-state index is -0.279. The van der Waals surface area contributed by atoms with Gasteiger partial charge < -0.3 is 4.74 Å². The predicted octanol–water partition coefficient (Wildman–Crippen LogP) is 8.42. The van der Waals surface area contributed by atoms with Gasteiger partial charge in [0.1, 0.15) is 5.75 Å². The summed E-state index contributed by atoms with van der Waals surface area (Å²) in [6.45, 7) is 4.44. The molecule has 0 atom stereocenters. The normalized spacial score (nSPS) is 15.5. The molecule has 1 fully saturated rings. The Morgan fingerprint density at radius 1 is 0.806 bits per heavy atom. The molecule has 1 saturated carbocycles. The molecule has 2 aromatic carbocycles. The lowest BCUT2D eigenvalue weighted by Crippen LogP contribution is -2.29. The first-order valence-corrected chi connectivity index (χ1v) is 12.6. The molecule has 0 radical (unpaired) electrons. The highest BCUT2D eigenvalue weighted by atomic mass is 16.5. The van der Waals surface area contributed by atoms with Gasteiger partial charge in [-0.3, -0.25) is 0 Å². The van der Waals surface area contributed by atoms with Crippen molar-refractivity contribution in [3.63, 3.8) is 0 Å². The fourth-order valence-corrected chi connectivity index (χ4v) is 5.12. The molecule has 0 aromatic heterocycles. The molecule has 0 unspecified atom stereocenters. The van der Waals surface area contributed by atoms with Crippen molar-refractivity contribution in [1.82, 2.24) is 0 Å². The summed E-state index contributed by atoms with van der Waals surface area (Å²) in [4.78, 5) is 12.5. The molecule has 2 aromatic rings. The molecule has 168 valence electrons. The molecular formula is C29H40O2. The second-order valence-electron chi connectivity index (χ2n) is 9.37. The number of aryl methyl sites for hydroxylation is 1. The van der Waals surface area contributed by atoms with Gasteiger partial charge in [-0.2, -0.15) is 0 Å². The lowest BCUT2D eigenvalue weighted by Gasteiger charge is -2.38. The predicted molar refractivity (Wildman–Crippen MR) is 130 cm³/mol. The van der Waals surface area contributed by atoms with Crippen LogP contribution in [0.15, 0.2) is 48.5 Å². The Balaban J connectivity index is 1.63. The zero-order valence-electron chi connectivity index (χ0n) is 19.6. The maximum absolute atomic E-state index is 12.5. The molecule has 2 nitrogen and oxygen atoms in total. The van der Waals surface area contributed by atoms with E-state index in [1.54, 1.807) is 0 Å². The molecule has 2 heteroatoms. The van der Waals surface area contributed by atoms with E-state index in [0.29, 0.717) is 16.7 Å². The lowest BCUT2D eigenvalue weighted by atomic mass is 9.66. The van der Waals surface area contributed by atoms with Gasteiger partial charge in [-0.1, -0.05) is 95.9 Å². The van der Waals surface area contributed by atoms with E-state index >= 15 is 0 Å². The third-order valence-electron chi connectivity index (χ3n) is 6.98.